The van der Waals surface area contributed by atoms with Crippen LogP contribution in [0, 0.1) is 10.1 Å². The predicted molar refractivity (Wildman–Crippen MR) is 116 cm³/mol. The average molecular weight is 426 g/mol. The lowest BCUT2D eigenvalue weighted by Gasteiger charge is -2.11. The van der Waals surface area contributed by atoms with E-state index in [-0.39, 0.29) is 35.5 Å². The van der Waals surface area contributed by atoms with Crippen molar-refractivity contribution in [2.75, 3.05) is 24.7 Å². The van der Waals surface area contributed by atoms with Crippen LogP contribution in [0.5, 0.6) is 5.75 Å². The quantitative estimate of drug-likeness (QED) is 0.441. The molecule has 2 N–H and O–H groups in total. The van der Waals surface area contributed by atoms with Gasteiger partial charge in [-0.1, -0.05) is 31.2 Å². The fourth-order valence-corrected chi connectivity index (χ4v) is 3.25. The van der Waals surface area contributed by atoms with E-state index in [0.29, 0.717) is 12.3 Å². The summed E-state index contributed by atoms with van der Waals surface area (Å²) in [7, 11) is 1.40. The first-order valence-corrected chi connectivity index (χ1v) is 9.68. The number of carbonyl (C=O) groups excluding carboxylic acids is 1. The van der Waals surface area contributed by atoms with Crippen LogP contribution in [0.15, 0.2) is 42.5 Å². The molecule has 0 aromatic heterocycles. The van der Waals surface area contributed by atoms with E-state index in [1.54, 1.807) is 12.1 Å². The minimum absolute atomic E-state index is 0. The van der Waals surface area contributed by atoms with E-state index in [4.69, 9.17) is 4.74 Å². The second-order valence-electron chi connectivity index (χ2n) is 5.74. The lowest BCUT2D eigenvalue weighted by Crippen LogP contribution is -2.18. The standard InChI is InChI=1S/C19H23N3O4S.ClH/c1-3-20-11-15-6-4-5-7-16(15)21-19(23)13-27-12-14-8-9-18(26-2)17(10-14)22(24)25;/h4-10,20H,3,11-13H2,1-2H3,(H,21,23);1H. The van der Waals surface area contributed by atoms with E-state index in [0.717, 1.165) is 23.4 Å². The zero-order valence-corrected chi connectivity index (χ0v) is 17.4. The molecule has 0 unspecified atom stereocenters. The lowest BCUT2D eigenvalue weighted by molar-refractivity contribution is -0.385. The molecule has 0 aliphatic rings. The van der Waals surface area contributed by atoms with Gasteiger partial charge in [0.15, 0.2) is 5.75 Å². The molecule has 1 amide bonds. The molecule has 0 saturated carbocycles. The molecular weight excluding hydrogens is 402 g/mol. The Bertz CT molecular complexity index is 804. The maximum Gasteiger partial charge on any atom is 0.311 e. The topological polar surface area (TPSA) is 93.5 Å². The summed E-state index contributed by atoms with van der Waals surface area (Å²) in [6, 6.07) is 12.5. The Morgan fingerprint density at radius 3 is 2.68 bits per heavy atom. The number of halogens is 1. The normalized spacial score (nSPS) is 10.1. The van der Waals surface area contributed by atoms with Crippen LogP contribution in [0.25, 0.3) is 0 Å². The lowest BCUT2D eigenvalue weighted by atomic mass is 10.1. The number of ether oxygens (including phenoxy) is 1. The Hall–Kier alpha value is -2.29. The molecule has 0 bridgehead atoms. The number of nitro groups is 1. The Morgan fingerprint density at radius 1 is 1.25 bits per heavy atom. The number of nitrogens with one attached hydrogen (secondary N) is 2. The minimum atomic E-state index is -0.471. The molecule has 0 aliphatic heterocycles. The van der Waals surface area contributed by atoms with Crippen molar-refractivity contribution in [3.8, 4) is 5.75 Å². The molecule has 0 radical (unpaired) electrons. The Labute approximate surface area is 174 Å². The number of nitro benzene ring substituents is 1. The zero-order chi connectivity index (χ0) is 19.6. The average Bonchev–Trinajstić information content (AvgIpc) is 2.67. The van der Waals surface area contributed by atoms with Gasteiger partial charge < -0.3 is 15.4 Å². The number of benzene rings is 2. The summed E-state index contributed by atoms with van der Waals surface area (Å²) in [6.45, 7) is 3.57. The van der Waals surface area contributed by atoms with Crippen LogP contribution in [0.2, 0.25) is 0 Å². The summed E-state index contributed by atoms with van der Waals surface area (Å²) >= 11 is 1.40. The third-order valence-electron chi connectivity index (χ3n) is 3.80. The third-order valence-corrected chi connectivity index (χ3v) is 4.80. The van der Waals surface area contributed by atoms with Crippen LogP contribution in [0.4, 0.5) is 11.4 Å². The van der Waals surface area contributed by atoms with Gasteiger partial charge in [-0.2, -0.15) is 0 Å². The molecule has 7 nitrogen and oxygen atoms in total. The molecular formula is C19H24ClN3O4S. The van der Waals surface area contributed by atoms with Gasteiger partial charge in [0, 0.05) is 24.1 Å². The fraction of sp³-hybridized carbons (Fsp3) is 0.316. The van der Waals surface area contributed by atoms with Gasteiger partial charge in [0.25, 0.3) is 0 Å². The minimum Gasteiger partial charge on any atom is -0.490 e. The first-order valence-electron chi connectivity index (χ1n) is 8.52. The maximum absolute atomic E-state index is 12.2. The summed E-state index contributed by atoms with van der Waals surface area (Å²) in [6.07, 6.45) is 0. The van der Waals surface area contributed by atoms with Crippen molar-refractivity contribution >= 4 is 41.5 Å². The third kappa shape index (κ3) is 7.03. The van der Waals surface area contributed by atoms with E-state index in [9.17, 15) is 14.9 Å². The molecule has 0 aliphatic carbocycles. The number of anilines is 1. The number of methoxy groups -OCH3 is 1. The molecule has 0 spiro atoms. The Kier molecular flexibility index (Phi) is 10.4. The van der Waals surface area contributed by atoms with Crippen molar-refractivity contribution in [3.63, 3.8) is 0 Å². The van der Waals surface area contributed by atoms with Crippen LogP contribution in [0.3, 0.4) is 0 Å². The van der Waals surface area contributed by atoms with Gasteiger partial charge in [0.2, 0.25) is 5.91 Å². The molecule has 0 fully saturated rings. The fourth-order valence-electron chi connectivity index (χ4n) is 2.47. The van der Waals surface area contributed by atoms with Crippen LogP contribution in [-0.2, 0) is 17.1 Å². The largest absolute Gasteiger partial charge is 0.490 e. The Balaban J connectivity index is 0.00000392. The highest BCUT2D eigenvalue weighted by molar-refractivity contribution is 7.99. The number of nitrogens with zero attached hydrogens (tertiary/aromatic N) is 1. The summed E-state index contributed by atoms with van der Waals surface area (Å²) in [4.78, 5) is 22.8. The summed E-state index contributed by atoms with van der Waals surface area (Å²) in [5.74, 6) is 0.878. The highest BCUT2D eigenvalue weighted by atomic mass is 35.5. The highest BCUT2D eigenvalue weighted by Crippen LogP contribution is 2.29. The molecule has 152 valence electrons. The van der Waals surface area contributed by atoms with Gasteiger partial charge in [-0.15, -0.1) is 24.2 Å². The van der Waals surface area contributed by atoms with Gasteiger partial charge in [-0.05, 0) is 29.8 Å². The van der Waals surface area contributed by atoms with Crippen LogP contribution in [-0.4, -0.2) is 30.2 Å². The van der Waals surface area contributed by atoms with Crippen molar-refractivity contribution < 1.29 is 14.5 Å². The number of rotatable bonds is 10. The first kappa shape index (κ1) is 23.7. The molecule has 2 aromatic carbocycles. The number of carbonyl (C=O) groups is 1. The molecule has 0 heterocycles. The molecule has 2 rings (SSSR count). The van der Waals surface area contributed by atoms with E-state index in [2.05, 4.69) is 10.6 Å². The van der Waals surface area contributed by atoms with Crippen LogP contribution < -0.4 is 15.4 Å². The molecule has 0 saturated heterocycles. The van der Waals surface area contributed by atoms with Crippen molar-refractivity contribution in [1.29, 1.82) is 0 Å². The first-order chi connectivity index (χ1) is 13.0. The SMILES string of the molecule is CCNCc1ccccc1NC(=O)CSCc1ccc(OC)c([N+](=O)[O-])c1.Cl. The van der Waals surface area contributed by atoms with Crippen molar-refractivity contribution in [3.05, 3.63) is 63.7 Å². The molecule has 28 heavy (non-hydrogen) atoms. The summed E-state index contributed by atoms with van der Waals surface area (Å²) in [5, 5.41) is 17.2. The molecule has 2 aromatic rings. The van der Waals surface area contributed by atoms with Gasteiger partial charge >= 0.3 is 5.69 Å². The number of hydrogen-bond acceptors (Lipinski definition) is 6. The van der Waals surface area contributed by atoms with E-state index in [1.165, 1.54) is 24.9 Å². The summed E-state index contributed by atoms with van der Waals surface area (Å²) in [5.41, 5.74) is 2.53. The second kappa shape index (κ2) is 12.2. The summed E-state index contributed by atoms with van der Waals surface area (Å²) < 4.78 is 4.99. The molecule has 9 heteroatoms. The van der Waals surface area contributed by atoms with Crippen molar-refractivity contribution in [2.24, 2.45) is 0 Å². The predicted octanol–water partition coefficient (Wildman–Crippen LogP) is 4.01. The van der Waals surface area contributed by atoms with Crippen LogP contribution in [0.1, 0.15) is 18.1 Å². The number of amides is 1. The number of hydrogen-bond donors (Lipinski definition) is 2. The second-order valence-corrected chi connectivity index (χ2v) is 6.73. The number of para-hydroxylation sites is 1. The van der Waals surface area contributed by atoms with Crippen molar-refractivity contribution in [2.45, 2.75) is 19.2 Å². The van der Waals surface area contributed by atoms with Gasteiger partial charge in [0.05, 0.1) is 17.8 Å². The van der Waals surface area contributed by atoms with Gasteiger partial charge in [-0.25, -0.2) is 0 Å². The highest BCUT2D eigenvalue weighted by Gasteiger charge is 2.15. The Morgan fingerprint density at radius 2 is 2.00 bits per heavy atom. The van der Waals surface area contributed by atoms with E-state index >= 15 is 0 Å². The van der Waals surface area contributed by atoms with E-state index in [1.807, 2.05) is 31.2 Å². The van der Waals surface area contributed by atoms with E-state index < -0.39 is 4.92 Å². The monoisotopic (exact) mass is 425 g/mol. The smallest absolute Gasteiger partial charge is 0.311 e. The molecule has 0 atom stereocenters. The number of thioether (sulfide) groups is 1. The van der Waals surface area contributed by atoms with Crippen molar-refractivity contribution in [1.82, 2.24) is 5.32 Å². The zero-order valence-electron chi connectivity index (χ0n) is 15.8. The van der Waals surface area contributed by atoms with Crippen LogP contribution >= 0.6 is 24.2 Å². The van der Waals surface area contributed by atoms with Gasteiger partial charge in [-0.3, -0.25) is 14.9 Å². The maximum atomic E-state index is 12.2. The van der Waals surface area contributed by atoms with Gasteiger partial charge in [0.1, 0.15) is 0 Å².